The highest BCUT2D eigenvalue weighted by Gasteiger charge is 2.39. The van der Waals surface area contributed by atoms with Gasteiger partial charge in [0.2, 0.25) is 5.95 Å². The van der Waals surface area contributed by atoms with E-state index in [4.69, 9.17) is 0 Å². The molecule has 0 bridgehead atoms. The minimum Gasteiger partial charge on any atom is -0.350 e. The Balaban J connectivity index is 1.67. The highest BCUT2D eigenvalue weighted by atomic mass is 127. The maximum Gasteiger partial charge on any atom is 0.471 e. The van der Waals surface area contributed by atoms with Gasteiger partial charge in [0.1, 0.15) is 5.69 Å². The monoisotopic (exact) mass is 670 g/mol. The van der Waals surface area contributed by atoms with Crippen molar-refractivity contribution in [2.24, 2.45) is 0 Å². The van der Waals surface area contributed by atoms with Crippen LogP contribution in [-0.4, -0.2) is 33.3 Å². The second kappa shape index (κ2) is 12.1. The Labute approximate surface area is 218 Å². The van der Waals surface area contributed by atoms with Crippen LogP contribution >= 0.6 is 37.4 Å². The van der Waals surface area contributed by atoms with Crippen LogP contribution in [0.15, 0.2) is 40.6 Å². The normalized spacial score (nSPS) is 15.9. The van der Waals surface area contributed by atoms with Gasteiger partial charge in [0.15, 0.2) is 5.82 Å². The Hall–Kier alpha value is -2.33. The molecule has 1 heterocycles. The summed E-state index contributed by atoms with van der Waals surface area (Å²) in [4.78, 5) is 19.7. The van der Waals surface area contributed by atoms with Crippen LogP contribution in [0.25, 0.3) is 0 Å². The van der Waals surface area contributed by atoms with Crippen LogP contribution in [-0.2, 0) is 14.4 Å². The summed E-state index contributed by atoms with van der Waals surface area (Å²) in [6.45, 7) is 2.43. The van der Waals surface area contributed by atoms with Crippen LogP contribution in [0.4, 0.5) is 30.6 Å². The number of benzene rings is 1. The minimum atomic E-state index is -4.90. The van der Waals surface area contributed by atoms with Crippen LogP contribution in [0.2, 0.25) is 0 Å². The smallest absolute Gasteiger partial charge is 0.350 e. The number of hydrogen-bond donors (Lipinski definition) is 4. The third-order valence-corrected chi connectivity index (χ3v) is 7.24. The van der Waals surface area contributed by atoms with Gasteiger partial charge in [-0.15, -0.1) is 0 Å². The number of carbonyl (C=O) groups is 1. The molecule has 0 aliphatic heterocycles. The molecule has 1 aliphatic rings. The van der Waals surface area contributed by atoms with Crippen molar-refractivity contribution in [3.8, 4) is 0 Å². The number of nitrogens with one attached hydrogen (secondary N) is 3. The highest BCUT2D eigenvalue weighted by Crippen LogP contribution is 2.30. The number of amides is 1. The summed E-state index contributed by atoms with van der Waals surface area (Å²) in [5, 5.41) is 18.1. The third-order valence-electron chi connectivity index (χ3n) is 5.48. The summed E-state index contributed by atoms with van der Waals surface area (Å²) in [5.74, 6) is -1.43. The molecule has 9 nitrogen and oxygen atoms in total. The Bertz CT molecular complexity index is 1110. The van der Waals surface area contributed by atoms with E-state index in [1.165, 1.54) is 6.20 Å². The second-order valence-corrected chi connectivity index (χ2v) is 9.99. The Morgan fingerprint density at radius 3 is 2.71 bits per heavy atom. The van der Waals surface area contributed by atoms with Crippen molar-refractivity contribution in [1.29, 1.82) is 0 Å². The number of rotatable bonds is 8. The molecular weight excluding hydrogens is 648 g/mol. The van der Waals surface area contributed by atoms with Gasteiger partial charge in [-0.2, -0.15) is 21.4 Å². The predicted octanol–water partition coefficient (Wildman–Crippen LogP) is 5.50. The van der Waals surface area contributed by atoms with Crippen LogP contribution < -0.4 is 19.2 Å². The molecule has 1 amide bonds. The van der Waals surface area contributed by atoms with E-state index in [1.54, 1.807) is 6.20 Å². The average molecular weight is 671 g/mol. The molecule has 14 heteroatoms. The molecule has 35 heavy (non-hydrogen) atoms. The molecule has 1 aromatic carbocycles. The van der Waals surface area contributed by atoms with E-state index in [-0.39, 0.29) is 17.5 Å². The lowest BCUT2D eigenvalue weighted by atomic mass is 9.91. The number of anilines is 3. The fraction of sp³-hybridized carbons (Fsp3) is 0.381. The molecule has 1 fully saturated rings. The maximum atomic E-state index is 12.4. The van der Waals surface area contributed by atoms with Gasteiger partial charge in [0, 0.05) is 23.3 Å². The predicted molar refractivity (Wildman–Crippen MR) is 135 cm³/mol. The number of carbonyl (C=O) groups excluding carboxylic acids is 1. The number of aromatic nitrogens is 2. The number of alkyl halides is 3. The molecule has 0 radical (unpaired) electrons. The van der Waals surface area contributed by atoms with Gasteiger partial charge in [-0.25, -0.2) is 8.05 Å². The number of allylic oxidation sites excluding steroid dienone is 1. The van der Waals surface area contributed by atoms with Gasteiger partial charge in [0.05, 0.1) is 6.20 Å². The van der Waals surface area contributed by atoms with Crippen LogP contribution in [0.3, 0.4) is 0 Å². The SMILES string of the molecule is Cc1c(Br)cccc1CNc1ncc(N(O)I=O)c(NC=C2CCC(NC(=O)C(F)(F)F)CC2)n1. The van der Waals surface area contributed by atoms with Gasteiger partial charge >= 0.3 is 12.1 Å². The van der Waals surface area contributed by atoms with Crippen molar-refractivity contribution in [3.05, 3.63) is 51.8 Å². The first-order chi connectivity index (χ1) is 16.6. The van der Waals surface area contributed by atoms with Gasteiger partial charge < -0.3 is 16.0 Å². The van der Waals surface area contributed by atoms with E-state index >= 15 is 0 Å². The summed E-state index contributed by atoms with van der Waals surface area (Å²) >= 11 is 1.57. The summed E-state index contributed by atoms with van der Waals surface area (Å²) in [7, 11) is 0. The van der Waals surface area contributed by atoms with E-state index in [0.29, 0.717) is 35.5 Å². The first-order valence-corrected chi connectivity index (χ1v) is 13.2. The molecule has 1 saturated carbocycles. The van der Waals surface area contributed by atoms with Crippen LogP contribution in [0.5, 0.6) is 0 Å². The molecule has 190 valence electrons. The van der Waals surface area contributed by atoms with E-state index in [9.17, 15) is 26.2 Å². The molecule has 1 aliphatic carbocycles. The zero-order valence-corrected chi connectivity index (χ0v) is 22.2. The average Bonchev–Trinajstić information content (AvgIpc) is 2.83. The molecule has 0 saturated heterocycles. The second-order valence-electron chi connectivity index (χ2n) is 7.83. The zero-order valence-electron chi connectivity index (χ0n) is 18.5. The largest absolute Gasteiger partial charge is 0.471 e. The van der Waals surface area contributed by atoms with Crippen molar-refractivity contribution >= 4 is 60.8 Å². The Morgan fingerprint density at radius 2 is 2.06 bits per heavy atom. The van der Waals surface area contributed by atoms with Crippen LogP contribution in [0.1, 0.15) is 36.8 Å². The van der Waals surface area contributed by atoms with E-state index in [2.05, 4.69) is 36.5 Å². The summed E-state index contributed by atoms with van der Waals surface area (Å²) in [6.07, 6.45) is -0.228. The van der Waals surface area contributed by atoms with Gasteiger partial charge in [-0.3, -0.25) is 10.0 Å². The first-order valence-electron chi connectivity index (χ1n) is 10.5. The molecule has 0 spiro atoms. The molecule has 1 aromatic heterocycles. The third kappa shape index (κ3) is 7.57. The molecular formula is C21H23BrF3IN6O3. The molecule has 0 atom stereocenters. The Morgan fingerprint density at radius 1 is 1.34 bits per heavy atom. The fourth-order valence-corrected chi connectivity index (χ4v) is 4.44. The summed E-state index contributed by atoms with van der Waals surface area (Å²) in [6, 6.07) is 5.28. The number of nitrogens with zero attached hydrogens (tertiary/aromatic N) is 3. The standard InChI is InChI=1S/C21H23BrF3IN6O3/c1-12-14(3-2-4-16(12)22)10-28-20-29-11-17(32(35)26-34)18(31-20)27-9-13-5-7-15(8-6-13)30-19(33)21(23,24)25/h2-4,9,11,15,35H,5-8,10H2,1H3,(H,30,33)(H2,27,28,29,31). The minimum absolute atomic E-state index is 0.125. The zero-order chi connectivity index (χ0) is 25.6. The summed E-state index contributed by atoms with van der Waals surface area (Å²) in [5.41, 5.74) is 3.14. The van der Waals surface area contributed by atoms with Gasteiger partial charge in [-0.1, -0.05) is 33.6 Å². The number of halogens is 5. The highest BCUT2D eigenvalue weighted by molar-refractivity contribution is 14.1. The van der Waals surface area contributed by atoms with E-state index < -0.39 is 39.6 Å². The van der Waals surface area contributed by atoms with Crippen molar-refractivity contribution < 1.29 is 26.2 Å². The Kier molecular flexibility index (Phi) is 9.40. The lowest BCUT2D eigenvalue weighted by molar-refractivity contribution is -0.174. The maximum absolute atomic E-state index is 12.4. The lowest BCUT2D eigenvalue weighted by Gasteiger charge is -2.25. The quantitative estimate of drug-likeness (QED) is 0.165. The summed E-state index contributed by atoms with van der Waals surface area (Å²) < 4.78 is 50.2. The van der Waals surface area contributed by atoms with E-state index in [0.717, 1.165) is 21.2 Å². The topological polar surface area (TPSA) is 119 Å². The fourth-order valence-electron chi connectivity index (χ4n) is 3.47. The van der Waals surface area contributed by atoms with Crippen LogP contribution in [0, 0.1) is 6.92 Å². The molecule has 4 N–H and O–H groups in total. The first kappa shape index (κ1) is 27.3. The van der Waals surface area contributed by atoms with Gasteiger partial charge in [-0.05, 0) is 49.8 Å². The van der Waals surface area contributed by atoms with Crippen molar-refractivity contribution in [3.63, 3.8) is 0 Å². The number of hydrogen-bond acceptors (Lipinski definition) is 7. The lowest BCUT2D eigenvalue weighted by Crippen LogP contribution is -2.44. The van der Waals surface area contributed by atoms with Crippen molar-refractivity contribution in [2.45, 2.75) is 51.4 Å². The molecule has 0 unspecified atom stereocenters. The van der Waals surface area contributed by atoms with E-state index in [1.807, 2.05) is 30.4 Å². The van der Waals surface area contributed by atoms with Gasteiger partial charge in [0.25, 0.3) is 21.5 Å². The molecule has 2 aromatic rings. The molecule has 3 rings (SSSR count). The van der Waals surface area contributed by atoms with Crippen molar-refractivity contribution in [1.82, 2.24) is 15.3 Å². The van der Waals surface area contributed by atoms with Crippen molar-refractivity contribution in [2.75, 3.05) is 13.9 Å².